The highest BCUT2D eigenvalue weighted by Gasteiger charge is 2.32. The highest BCUT2D eigenvalue weighted by Crippen LogP contribution is 2.39. The number of aryl methyl sites for hydroxylation is 1. The van der Waals surface area contributed by atoms with E-state index in [0.717, 1.165) is 57.5 Å². The lowest BCUT2D eigenvalue weighted by molar-refractivity contribution is -0.130. The van der Waals surface area contributed by atoms with Crippen LogP contribution in [0.2, 0.25) is 0 Å². The molecule has 0 unspecified atom stereocenters. The molecule has 0 spiro atoms. The van der Waals surface area contributed by atoms with Crippen LogP contribution in [-0.4, -0.2) is 48.6 Å². The van der Waals surface area contributed by atoms with Crippen LogP contribution in [0.3, 0.4) is 0 Å². The van der Waals surface area contributed by atoms with Gasteiger partial charge in [-0.15, -0.1) is 22.7 Å². The normalized spacial score (nSPS) is 17.3. The Morgan fingerprint density at radius 3 is 2.73 bits per heavy atom. The fraction of sp³-hybridized carbons (Fsp3) is 0.421. The minimum absolute atomic E-state index is 0.0325. The summed E-state index contributed by atoms with van der Waals surface area (Å²) in [6, 6.07) is 4.04. The van der Waals surface area contributed by atoms with Gasteiger partial charge in [0.1, 0.15) is 18.1 Å². The van der Waals surface area contributed by atoms with Crippen LogP contribution in [0.15, 0.2) is 22.5 Å². The molecule has 0 bridgehead atoms. The highest BCUT2D eigenvalue weighted by atomic mass is 32.1. The van der Waals surface area contributed by atoms with Crippen LogP contribution < -0.4 is 4.90 Å². The van der Waals surface area contributed by atoms with E-state index >= 15 is 0 Å². The molecule has 2 aromatic heterocycles. The van der Waals surface area contributed by atoms with Gasteiger partial charge in [0, 0.05) is 23.5 Å². The van der Waals surface area contributed by atoms with Gasteiger partial charge in [0.05, 0.1) is 10.6 Å². The van der Waals surface area contributed by atoms with Gasteiger partial charge in [0.2, 0.25) is 11.8 Å². The standard InChI is InChI=1S/C19H21N3O2S2/c1-12-13(2)26-19-17(12)18(14-6-5-9-25-14)20-10-15(23)22(19)11-16(24)21-7-3-4-8-21/h5-6,9H,3-4,7-8,10-11H2,1-2H3. The molecule has 2 aliphatic rings. The van der Waals surface area contributed by atoms with Crippen LogP contribution in [0.1, 0.15) is 33.7 Å². The fourth-order valence-corrected chi connectivity index (χ4v) is 5.39. The van der Waals surface area contributed by atoms with E-state index in [1.54, 1.807) is 27.6 Å². The molecule has 7 heteroatoms. The Bertz CT molecular complexity index is 877. The predicted octanol–water partition coefficient (Wildman–Crippen LogP) is 3.23. The van der Waals surface area contributed by atoms with Gasteiger partial charge in [-0.3, -0.25) is 19.5 Å². The van der Waals surface area contributed by atoms with E-state index in [0.29, 0.717) is 0 Å². The van der Waals surface area contributed by atoms with Crippen LogP contribution >= 0.6 is 22.7 Å². The molecule has 136 valence electrons. The van der Waals surface area contributed by atoms with Gasteiger partial charge < -0.3 is 4.90 Å². The van der Waals surface area contributed by atoms with Gasteiger partial charge in [0.15, 0.2) is 0 Å². The number of nitrogens with zero attached hydrogens (tertiary/aromatic N) is 3. The maximum atomic E-state index is 12.8. The Morgan fingerprint density at radius 1 is 1.27 bits per heavy atom. The number of carbonyl (C=O) groups excluding carboxylic acids is 2. The summed E-state index contributed by atoms with van der Waals surface area (Å²) in [6.07, 6.45) is 2.10. The minimum atomic E-state index is -0.105. The van der Waals surface area contributed by atoms with E-state index in [2.05, 4.69) is 18.8 Å². The summed E-state index contributed by atoms with van der Waals surface area (Å²) < 4.78 is 0. The predicted molar refractivity (Wildman–Crippen MR) is 107 cm³/mol. The summed E-state index contributed by atoms with van der Waals surface area (Å²) in [5, 5.41) is 2.88. The maximum absolute atomic E-state index is 12.8. The first-order valence-corrected chi connectivity index (χ1v) is 10.5. The first kappa shape index (κ1) is 17.4. The Labute approximate surface area is 161 Å². The Hall–Kier alpha value is -1.99. The number of anilines is 1. The number of amides is 2. The van der Waals surface area contributed by atoms with Crippen molar-refractivity contribution < 1.29 is 9.59 Å². The van der Waals surface area contributed by atoms with Crippen LogP contribution in [0.25, 0.3) is 0 Å². The van der Waals surface area contributed by atoms with Crippen LogP contribution in [0.4, 0.5) is 5.00 Å². The summed E-state index contributed by atoms with van der Waals surface area (Å²) in [5.74, 6) is -0.0725. The van der Waals surface area contributed by atoms with Gasteiger partial charge in [-0.2, -0.15) is 0 Å². The third-order valence-corrected chi connectivity index (χ3v) is 7.14. The van der Waals surface area contributed by atoms with E-state index in [4.69, 9.17) is 0 Å². The molecule has 4 rings (SSSR count). The molecule has 2 aliphatic heterocycles. The van der Waals surface area contributed by atoms with Crippen LogP contribution in [-0.2, 0) is 9.59 Å². The zero-order valence-electron chi connectivity index (χ0n) is 14.9. The highest BCUT2D eigenvalue weighted by molar-refractivity contribution is 7.17. The van der Waals surface area contributed by atoms with Crippen LogP contribution in [0.5, 0.6) is 0 Å². The summed E-state index contributed by atoms with van der Waals surface area (Å²) in [6.45, 7) is 5.93. The van der Waals surface area contributed by atoms with E-state index in [1.807, 2.05) is 22.4 Å². The quantitative estimate of drug-likeness (QED) is 0.812. The number of hydrogen-bond acceptors (Lipinski definition) is 5. The molecule has 2 amide bonds. The number of aliphatic imine (C=N–C) groups is 1. The van der Waals surface area contributed by atoms with E-state index in [9.17, 15) is 9.59 Å². The van der Waals surface area contributed by atoms with Crippen molar-refractivity contribution in [1.82, 2.24) is 4.90 Å². The van der Waals surface area contributed by atoms with Crippen molar-refractivity contribution in [1.29, 1.82) is 0 Å². The molecule has 0 atom stereocenters. The Balaban J connectivity index is 1.74. The molecule has 1 fully saturated rings. The van der Waals surface area contributed by atoms with E-state index < -0.39 is 0 Å². The van der Waals surface area contributed by atoms with Crippen LogP contribution in [0, 0.1) is 13.8 Å². The molecule has 0 radical (unpaired) electrons. The number of rotatable bonds is 3. The lowest BCUT2D eigenvalue weighted by Gasteiger charge is -2.23. The van der Waals surface area contributed by atoms with Crippen molar-refractivity contribution in [3.05, 3.63) is 38.4 Å². The van der Waals surface area contributed by atoms with Crippen molar-refractivity contribution >= 4 is 45.2 Å². The third-order valence-electron chi connectivity index (χ3n) is 5.03. The second kappa shape index (κ2) is 6.96. The topological polar surface area (TPSA) is 53.0 Å². The zero-order valence-corrected chi connectivity index (χ0v) is 16.6. The molecule has 1 saturated heterocycles. The van der Waals surface area contributed by atoms with E-state index in [-0.39, 0.29) is 24.9 Å². The van der Waals surface area contributed by atoms with Crippen molar-refractivity contribution in [3.8, 4) is 0 Å². The Kier molecular flexibility index (Phi) is 4.67. The molecular weight excluding hydrogens is 366 g/mol. The summed E-state index contributed by atoms with van der Waals surface area (Å²) in [7, 11) is 0. The maximum Gasteiger partial charge on any atom is 0.249 e. The monoisotopic (exact) mass is 387 g/mol. The molecule has 0 aliphatic carbocycles. The summed E-state index contributed by atoms with van der Waals surface area (Å²) in [4.78, 5) is 35.9. The first-order valence-electron chi connectivity index (χ1n) is 8.83. The largest absolute Gasteiger partial charge is 0.341 e. The molecule has 2 aromatic rings. The second-order valence-corrected chi connectivity index (χ2v) is 8.82. The number of fused-ring (bicyclic) bond motifs is 1. The summed E-state index contributed by atoms with van der Waals surface area (Å²) >= 11 is 3.21. The van der Waals surface area contributed by atoms with Gasteiger partial charge in [-0.1, -0.05) is 6.07 Å². The third kappa shape index (κ3) is 2.99. The van der Waals surface area contributed by atoms with Gasteiger partial charge in [-0.05, 0) is 43.7 Å². The average molecular weight is 388 g/mol. The van der Waals surface area contributed by atoms with Crippen molar-refractivity contribution in [2.45, 2.75) is 26.7 Å². The average Bonchev–Trinajstić information content (AvgIpc) is 3.36. The SMILES string of the molecule is Cc1sc2c(c1C)C(c1cccs1)=NCC(=O)N2CC(=O)N1CCCC1. The fourth-order valence-electron chi connectivity index (χ4n) is 3.48. The smallest absolute Gasteiger partial charge is 0.249 e. The molecule has 5 nitrogen and oxygen atoms in total. The molecule has 0 saturated carbocycles. The summed E-state index contributed by atoms with van der Waals surface area (Å²) in [5.41, 5.74) is 3.03. The van der Waals surface area contributed by atoms with Crippen molar-refractivity contribution in [3.63, 3.8) is 0 Å². The Morgan fingerprint density at radius 2 is 2.04 bits per heavy atom. The number of hydrogen-bond donors (Lipinski definition) is 0. The lowest BCUT2D eigenvalue weighted by Crippen LogP contribution is -2.42. The first-order chi connectivity index (χ1) is 12.6. The molecule has 0 N–H and O–H groups in total. The lowest BCUT2D eigenvalue weighted by atomic mass is 10.1. The van der Waals surface area contributed by atoms with E-state index in [1.165, 1.54) is 0 Å². The van der Waals surface area contributed by atoms with Gasteiger partial charge >= 0.3 is 0 Å². The van der Waals surface area contributed by atoms with Crippen molar-refractivity contribution in [2.24, 2.45) is 4.99 Å². The number of thiophene rings is 2. The number of carbonyl (C=O) groups is 2. The molecule has 0 aromatic carbocycles. The minimum Gasteiger partial charge on any atom is -0.341 e. The van der Waals surface area contributed by atoms with Gasteiger partial charge in [0.25, 0.3) is 0 Å². The zero-order chi connectivity index (χ0) is 18.3. The second-order valence-electron chi connectivity index (χ2n) is 6.67. The van der Waals surface area contributed by atoms with Crippen molar-refractivity contribution in [2.75, 3.05) is 31.1 Å². The van der Waals surface area contributed by atoms with Gasteiger partial charge in [-0.25, -0.2) is 0 Å². The molecular formula is C19H21N3O2S2. The number of likely N-dealkylation sites (tertiary alicyclic amines) is 1. The molecule has 4 heterocycles. The molecule has 26 heavy (non-hydrogen) atoms.